The molecular weight excluding hydrogens is 378 g/mol. The van der Waals surface area contributed by atoms with Gasteiger partial charge in [-0.1, -0.05) is 29.8 Å². The van der Waals surface area contributed by atoms with Crippen LogP contribution in [0.3, 0.4) is 0 Å². The zero-order chi connectivity index (χ0) is 19.5. The summed E-state index contributed by atoms with van der Waals surface area (Å²) in [5.74, 6) is 0.922. The molecule has 7 heteroatoms. The highest BCUT2D eigenvalue weighted by Gasteiger charge is 2.17. The van der Waals surface area contributed by atoms with Crippen LogP contribution in [0.2, 0.25) is 5.02 Å². The lowest BCUT2D eigenvalue weighted by Crippen LogP contribution is -2.23. The number of fused-ring (bicyclic) bond motifs is 1. The Balaban J connectivity index is 1.48. The molecule has 1 amide bonds. The minimum absolute atomic E-state index is 0.249. The summed E-state index contributed by atoms with van der Waals surface area (Å²) >= 11 is 6.31. The molecule has 1 aromatic heterocycles. The van der Waals surface area contributed by atoms with Crippen LogP contribution in [0.5, 0.6) is 11.5 Å². The SMILES string of the molecule is Cc1cc(C(=O)NCc2cc(Cl)c3c(c2)OCCCO3)nn1-c1ccccc1. The van der Waals surface area contributed by atoms with Crippen LogP contribution in [0, 0.1) is 6.92 Å². The van der Waals surface area contributed by atoms with Crippen molar-refractivity contribution in [3.8, 4) is 17.2 Å². The molecule has 0 atom stereocenters. The lowest BCUT2D eigenvalue weighted by molar-refractivity contribution is 0.0945. The van der Waals surface area contributed by atoms with Crippen LogP contribution < -0.4 is 14.8 Å². The van der Waals surface area contributed by atoms with Crippen molar-refractivity contribution in [2.45, 2.75) is 19.9 Å². The number of para-hydroxylation sites is 1. The van der Waals surface area contributed by atoms with Gasteiger partial charge in [0.15, 0.2) is 17.2 Å². The molecule has 0 saturated heterocycles. The molecule has 1 aliphatic rings. The second-order valence-electron chi connectivity index (χ2n) is 6.56. The zero-order valence-corrected chi connectivity index (χ0v) is 16.2. The third-order valence-corrected chi connectivity index (χ3v) is 4.72. The fraction of sp³-hybridized carbons (Fsp3) is 0.238. The van der Waals surface area contributed by atoms with Gasteiger partial charge >= 0.3 is 0 Å². The summed E-state index contributed by atoms with van der Waals surface area (Å²) in [6.07, 6.45) is 0.806. The summed E-state index contributed by atoms with van der Waals surface area (Å²) in [4.78, 5) is 12.6. The standard InChI is InChI=1S/C21H20ClN3O3/c1-14-10-18(24-25(14)16-6-3-2-4-7-16)21(26)23-13-15-11-17(22)20-19(12-15)27-8-5-9-28-20/h2-4,6-7,10-12H,5,8-9,13H2,1H3,(H,23,26). The van der Waals surface area contributed by atoms with Gasteiger partial charge in [0.1, 0.15) is 0 Å². The smallest absolute Gasteiger partial charge is 0.272 e. The number of hydrogen-bond donors (Lipinski definition) is 1. The Labute approximate surface area is 168 Å². The zero-order valence-electron chi connectivity index (χ0n) is 15.4. The van der Waals surface area contributed by atoms with Crippen LogP contribution >= 0.6 is 11.6 Å². The van der Waals surface area contributed by atoms with Crippen molar-refractivity contribution < 1.29 is 14.3 Å². The van der Waals surface area contributed by atoms with E-state index in [1.54, 1.807) is 16.8 Å². The van der Waals surface area contributed by atoms with Crippen molar-refractivity contribution in [1.82, 2.24) is 15.1 Å². The molecule has 0 aliphatic carbocycles. The molecular formula is C21H20ClN3O3. The van der Waals surface area contributed by atoms with Crippen molar-refractivity contribution in [2.75, 3.05) is 13.2 Å². The van der Waals surface area contributed by atoms with Crippen molar-refractivity contribution in [3.63, 3.8) is 0 Å². The van der Waals surface area contributed by atoms with Crippen LogP contribution in [0.4, 0.5) is 0 Å². The second kappa shape index (κ2) is 7.94. The summed E-state index contributed by atoms with van der Waals surface area (Å²) in [5, 5.41) is 7.79. The van der Waals surface area contributed by atoms with E-state index in [1.807, 2.05) is 43.3 Å². The maximum Gasteiger partial charge on any atom is 0.272 e. The Kier molecular flexibility index (Phi) is 5.21. The van der Waals surface area contributed by atoms with E-state index in [0.29, 0.717) is 42.0 Å². The van der Waals surface area contributed by atoms with Crippen molar-refractivity contribution in [2.24, 2.45) is 0 Å². The van der Waals surface area contributed by atoms with Crippen LogP contribution in [0.15, 0.2) is 48.5 Å². The molecule has 6 nitrogen and oxygen atoms in total. The van der Waals surface area contributed by atoms with Crippen LogP contribution in [-0.4, -0.2) is 28.9 Å². The monoisotopic (exact) mass is 397 g/mol. The van der Waals surface area contributed by atoms with Gasteiger partial charge in [-0.25, -0.2) is 4.68 Å². The normalized spacial score (nSPS) is 13.1. The van der Waals surface area contributed by atoms with E-state index in [1.165, 1.54) is 0 Å². The lowest BCUT2D eigenvalue weighted by atomic mass is 10.2. The van der Waals surface area contributed by atoms with Gasteiger partial charge in [0, 0.05) is 18.7 Å². The Morgan fingerprint density at radius 2 is 1.96 bits per heavy atom. The molecule has 144 valence electrons. The Bertz CT molecular complexity index is 1000. The first-order chi connectivity index (χ1) is 13.6. The number of hydrogen-bond acceptors (Lipinski definition) is 4. The number of rotatable bonds is 4. The van der Waals surface area contributed by atoms with E-state index < -0.39 is 0 Å². The number of benzene rings is 2. The maximum atomic E-state index is 12.6. The third-order valence-electron chi connectivity index (χ3n) is 4.44. The predicted molar refractivity (Wildman–Crippen MR) is 107 cm³/mol. The quantitative estimate of drug-likeness (QED) is 0.724. The highest BCUT2D eigenvalue weighted by atomic mass is 35.5. The summed E-state index contributed by atoms with van der Waals surface area (Å²) in [5.41, 5.74) is 2.99. The molecule has 1 N–H and O–H groups in total. The first-order valence-corrected chi connectivity index (χ1v) is 9.48. The summed E-state index contributed by atoms with van der Waals surface area (Å²) in [7, 11) is 0. The molecule has 4 rings (SSSR count). The molecule has 0 fully saturated rings. The topological polar surface area (TPSA) is 65.4 Å². The molecule has 2 heterocycles. The highest BCUT2D eigenvalue weighted by molar-refractivity contribution is 6.32. The van der Waals surface area contributed by atoms with Gasteiger partial charge in [0.05, 0.1) is 23.9 Å². The fourth-order valence-electron chi connectivity index (χ4n) is 3.08. The number of nitrogens with one attached hydrogen (secondary N) is 1. The van der Waals surface area contributed by atoms with Crippen LogP contribution in [0.1, 0.15) is 28.2 Å². The van der Waals surface area contributed by atoms with Gasteiger partial charge in [-0.05, 0) is 42.8 Å². The molecule has 0 radical (unpaired) electrons. The number of aryl methyl sites for hydroxylation is 1. The Morgan fingerprint density at radius 1 is 1.18 bits per heavy atom. The van der Waals surface area contributed by atoms with E-state index >= 15 is 0 Å². The van der Waals surface area contributed by atoms with Crippen LogP contribution in [-0.2, 0) is 6.54 Å². The van der Waals surface area contributed by atoms with Crippen molar-refractivity contribution >= 4 is 17.5 Å². The van der Waals surface area contributed by atoms with Gasteiger partial charge in [-0.3, -0.25) is 4.79 Å². The number of ether oxygens (including phenoxy) is 2. The number of nitrogens with zero attached hydrogens (tertiary/aromatic N) is 2. The number of carbonyl (C=O) groups is 1. The molecule has 0 unspecified atom stereocenters. The van der Waals surface area contributed by atoms with Gasteiger partial charge in [-0.15, -0.1) is 0 Å². The Hall–Kier alpha value is -2.99. The van der Waals surface area contributed by atoms with Crippen LogP contribution in [0.25, 0.3) is 5.69 Å². The molecule has 0 spiro atoms. The fourth-order valence-corrected chi connectivity index (χ4v) is 3.36. The minimum Gasteiger partial charge on any atom is -0.489 e. The number of carbonyl (C=O) groups excluding carboxylic acids is 1. The first-order valence-electron chi connectivity index (χ1n) is 9.10. The van der Waals surface area contributed by atoms with E-state index in [2.05, 4.69) is 10.4 Å². The summed E-state index contributed by atoms with van der Waals surface area (Å²) in [6.45, 7) is 3.38. The van der Waals surface area contributed by atoms with Crippen molar-refractivity contribution in [1.29, 1.82) is 0 Å². The lowest BCUT2D eigenvalue weighted by Gasteiger charge is -2.12. The summed E-state index contributed by atoms with van der Waals surface area (Å²) in [6, 6.07) is 15.1. The number of halogens is 1. The molecule has 0 bridgehead atoms. The molecule has 0 saturated carbocycles. The summed E-state index contributed by atoms with van der Waals surface area (Å²) < 4.78 is 13.1. The van der Waals surface area contributed by atoms with Gasteiger partial charge < -0.3 is 14.8 Å². The second-order valence-corrected chi connectivity index (χ2v) is 6.96. The molecule has 28 heavy (non-hydrogen) atoms. The van der Waals surface area contributed by atoms with E-state index in [0.717, 1.165) is 23.4 Å². The average molecular weight is 398 g/mol. The number of aromatic nitrogens is 2. The minimum atomic E-state index is -0.249. The van der Waals surface area contributed by atoms with Gasteiger partial charge in [-0.2, -0.15) is 5.10 Å². The highest BCUT2D eigenvalue weighted by Crippen LogP contribution is 2.37. The average Bonchev–Trinajstić information content (AvgIpc) is 2.93. The first kappa shape index (κ1) is 18.4. The number of amides is 1. The third kappa shape index (κ3) is 3.82. The van der Waals surface area contributed by atoms with E-state index in [-0.39, 0.29) is 5.91 Å². The van der Waals surface area contributed by atoms with Gasteiger partial charge in [0.2, 0.25) is 0 Å². The van der Waals surface area contributed by atoms with E-state index in [9.17, 15) is 4.79 Å². The van der Waals surface area contributed by atoms with Crippen molar-refractivity contribution in [3.05, 3.63) is 70.5 Å². The molecule has 1 aliphatic heterocycles. The Morgan fingerprint density at radius 3 is 2.79 bits per heavy atom. The maximum absolute atomic E-state index is 12.6. The molecule has 3 aromatic rings. The van der Waals surface area contributed by atoms with E-state index in [4.69, 9.17) is 21.1 Å². The largest absolute Gasteiger partial charge is 0.489 e. The molecule has 2 aromatic carbocycles. The predicted octanol–water partition coefficient (Wildman–Crippen LogP) is 3.93. The van der Waals surface area contributed by atoms with Gasteiger partial charge in [0.25, 0.3) is 5.91 Å².